The van der Waals surface area contributed by atoms with Gasteiger partial charge in [0.05, 0.1) is 0 Å². The van der Waals surface area contributed by atoms with Crippen LogP contribution in [0.4, 0.5) is 0 Å². The fourth-order valence-corrected chi connectivity index (χ4v) is 3.23. The molecule has 0 saturated heterocycles. The first-order chi connectivity index (χ1) is 9.61. The fourth-order valence-electron chi connectivity index (χ4n) is 3.23. The number of nitrogens with two attached hydrogens (primary N) is 1. The zero-order valence-electron chi connectivity index (χ0n) is 12.7. The molecule has 0 aromatic carbocycles. The summed E-state index contributed by atoms with van der Waals surface area (Å²) >= 11 is 0. The van der Waals surface area contributed by atoms with Crippen LogP contribution in [0.3, 0.4) is 0 Å². The van der Waals surface area contributed by atoms with Crippen molar-refractivity contribution >= 4 is 5.91 Å². The van der Waals surface area contributed by atoms with Gasteiger partial charge in [-0.2, -0.15) is 0 Å². The molecule has 0 unspecified atom stereocenters. The van der Waals surface area contributed by atoms with Crippen molar-refractivity contribution in [1.29, 1.82) is 0 Å². The summed E-state index contributed by atoms with van der Waals surface area (Å²) in [5.74, 6) is 6.38. The van der Waals surface area contributed by atoms with Gasteiger partial charge in [-0.05, 0) is 30.4 Å². The molecule has 0 radical (unpaired) electrons. The zero-order valence-corrected chi connectivity index (χ0v) is 12.7. The average Bonchev–Trinajstić information content (AvgIpc) is 2.81. The first-order valence-electron chi connectivity index (χ1n) is 7.81. The van der Waals surface area contributed by atoms with Crippen LogP contribution in [-0.4, -0.2) is 10.5 Å². The van der Waals surface area contributed by atoms with E-state index in [1.54, 1.807) is 0 Å². The Kier molecular flexibility index (Phi) is 5.24. The smallest absolute Gasteiger partial charge is 0.281 e. The predicted molar refractivity (Wildman–Crippen MR) is 81.2 cm³/mol. The summed E-state index contributed by atoms with van der Waals surface area (Å²) in [6, 6.07) is 4.00. The number of hydrogen-bond acceptors (Lipinski definition) is 2. The van der Waals surface area contributed by atoms with E-state index in [1.807, 2.05) is 6.07 Å². The Morgan fingerprint density at radius 3 is 2.65 bits per heavy atom. The van der Waals surface area contributed by atoms with E-state index in [4.69, 9.17) is 5.84 Å². The highest BCUT2D eigenvalue weighted by atomic mass is 16.2. The van der Waals surface area contributed by atoms with Gasteiger partial charge in [-0.25, -0.2) is 5.84 Å². The number of hydrogen-bond donors (Lipinski definition) is 2. The molecule has 1 heterocycles. The van der Waals surface area contributed by atoms with Crippen molar-refractivity contribution in [3.05, 3.63) is 23.5 Å². The molecule has 2 rings (SSSR count). The molecule has 1 fully saturated rings. The van der Waals surface area contributed by atoms with Crippen molar-refractivity contribution in [2.45, 2.75) is 58.9 Å². The number of aromatic nitrogens is 1. The highest BCUT2D eigenvalue weighted by Crippen LogP contribution is 2.27. The molecule has 0 bridgehead atoms. The van der Waals surface area contributed by atoms with Crippen LogP contribution in [0.15, 0.2) is 12.1 Å². The molecule has 3 N–H and O–H groups in total. The van der Waals surface area contributed by atoms with E-state index >= 15 is 0 Å². The third kappa shape index (κ3) is 3.63. The van der Waals surface area contributed by atoms with Crippen molar-refractivity contribution in [2.75, 3.05) is 0 Å². The number of nitrogens with one attached hydrogen (secondary N) is 1. The van der Waals surface area contributed by atoms with Crippen molar-refractivity contribution in [2.24, 2.45) is 17.7 Å². The van der Waals surface area contributed by atoms with E-state index in [2.05, 4.69) is 29.9 Å². The van der Waals surface area contributed by atoms with Crippen LogP contribution in [0.5, 0.6) is 0 Å². The van der Waals surface area contributed by atoms with Gasteiger partial charge in [0.2, 0.25) is 0 Å². The maximum atomic E-state index is 11.9. The average molecular weight is 277 g/mol. The summed E-state index contributed by atoms with van der Waals surface area (Å²) in [5, 5.41) is 0. The Bertz CT molecular complexity index is 445. The van der Waals surface area contributed by atoms with Crippen LogP contribution in [0.2, 0.25) is 0 Å². The number of nitrogen functional groups attached to an aromatic ring is 1. The Morgan fingerprint density at radius 1 is 1.35 bits per heavy atom. The molecule has 1 aliphatic rings. The lowest BCUT2D eigenvalue weighted by atomic mass is 9.86. The van der Waals surface area contributed by atoms with Gasteiger partial charge in [-0.1, -0.05) is 46.0 Å². The standard InChI is InChI=1S/C16H27N3O/c1-12(2)11-19-14(8-9-15(19)16(20)18-17)10-13-6-4-3-5-7-13/h8-9,12-13H,3-7,10-11,17H2,1-2H3,(H,18,20). The molecular formula is C16H27N3O. The van der Waals surface area contributed by atoms with Crippen LogP contribution in [0.25, 0.3) is 0 Å². The van der Waals surface area contributed by atoms with Crippen LogP contribution in [0, 0.1) is 11.8 Å². The summed E-state index contributed by atoms with van der Waals surface area (Å²) in [7, 11) is 0. The lowest BCUT2D eigenvalue weighted by molar-refractivity contribution is 0.0943. The molecular weight excluding hydrogens is 250 g/mol. The lowest BCUT2D eigenvalue weighted by Crippen LogP contribution is -2.32. The zero-order chi connectivity index (χ0) is 14.5. The minimum Gasteiger partial charge on any atom is -0.340 e. The SMILES string of the molecule is CC(C)Cn1c(CC2CCCCC2)ccc1C(=O)NN. The summed E-state index contributed by atoms with van der Waals surface area (Å²) in [6.07, 6.45) is 7.82. The van der Waals surface area contributed by atoms with Gasteiger partial charge in [-0.3, -0.25) is 10.2 Å². The molecule has 0 atom stereocenters. The monoisotopic (exact) mass is 277 g/mol. The van der Waals surface area contributed by atoms with Crippen molar-refractivity contribution in [3.8, 4) is 0 Å². The maximum absolute atomic E-state index is 11.9. The van der Waals surface area contributed by atoms with Crippen LogP contribution < -0.4 is 11.3 Å². The van der Waals surface area contributed by atoms with E-state index in [9.17, 15) is 4.79 Å². The Hall–Kier alpha value is -1.29. The summed E-state index contributed by atoms with van der Waals surface area (Å²) in [5.41, 5.74) is 4.22. The molecule has 20 heavy (non-hydrogen) atoms. The number of rotatable bonds is 5. The number of amides is 1. The maximum Gasteiger partial charge on any atom is 0.281 e. The molecule has 1 amide bonds. The van der Waals surface area contributed by atoms with Gasteiger partial charge in [0.15, 0.2) is 0 Å². The largest absolute Gasteiger partial charge is 0.340 e. The Morgan fingerprint density at radius 2 is 2.05 bits per heavy atom. The van der Waals surface area contributed by atoms with E-state index < -0.39 is 0 Å². The second-order valence-electron chi connectivity index (χ2n) is 6.40. The third-order valence-electron chi connectivity index (χ3n) is 4.21. The number of carbonyl (C=O) groups is 1. The van der Waals surface area contributed by atoms with Gasteiger partial charge in [0.25, 0.3) is 5.91 Å². The summed E-state index contributed by atoms with van der Waals surface area (Å²) in [4.78, 5) is 11.9. The number of hydrazine groups is 1. The van der Waals surface area contributed by atoms with Crippen LogP contribution >= 0.6 is 0 Å². The molecule has 1 aliphatic carbocycles. The number of carbonyl (C=O) groups excluding carboxylic acids is 1. The molecule has 1 aromatic heterocycles. The second kappa shape index (κ2) is 6.93. The van der Waals surface area contributed by atoms with Crippen molar-refractivity contribution in [1.82, 2.24) is 9.99 Å². The molecule has 4 heteroatoms. The Balaban J connectivity index is 2.17. The quantitative estimate of drug-likeness (QED) is 0.494. The number of nitrogens with zero attached hydrogens (tertiary/aromatic N) is 1. The highest BCUT2D eigenvalue weighted by molar-refractivity contribution is 5.92. The minimum atomic E-state index is -0.194. The van der Waals surface area contributed by atoms with Gasteiger partial charge in [0, 0.05) is 12.2 Å². The Labute approximate surface area is 121 Å². The topological polar surface area (TPSA) is 60.0 Å². The van der Waals surface area contributed by atoms with E-state index in [0.29, 0.717) is 11.6 Å². The molecule has 0 aliphatic heterocycles. The van der Waals surface area contributed by atoms with Crippen molar-refractivity contribution < 1.29 is 4.79 Å². The summed E-state index contributed by atoms with van der Waals surface area (Å²) in [6.45, 7) is 5.22. The second-order valence-corrected chi connectivity index (χ2v) is 6.40. The molecule has 0 spiro atoms. The first-order valence-corrected chi connectivity index (χ1v) is 7.81. The van der Waals surface area contributed by atoms with Crippen LogP contribution in [0.1, 0.15) is 62.1 Å². The third-order valence-corrected chi connectivity index (χ3v) is 4.21. The fraction of sp³-hybridized carbons (Fsp3) is 0.688. The van der Waals surface area contributed by atoms with Gasteiger partial charge < -0.3 is 4.57 Å². The van der Waals surface area contributed by atoms with Crippen molar-refractivity contribution in [3.63, 3.8) is 0 Å². The van der Waals surface area contributed by atoms with E-state index in [1.165, 1.54) is 37.8 Å². The van der Waals surface area contributed by atoms with E-state index in [-0.39, 0.29) is 5.91 Å². The molecule has 4 nitrogen and oxygen atoms in total. The normalized spacial score (nSPS) is 16.6. The van der Waals surface area contributed by atoms with Gasteiger partial charge in [-0.15, -0.1) is 0 Å². The molecule has 112 valence electrons. The highest BCUT2D eigenvalue weighted by Gasteiger charge is 2.19. The summed E-state index contributed by atoms with van der Waals surface area (Å²) < 4.78 is 2.15. The molecule has 1 aromatic rings. The predicted octanol–water partition coefficient (Wildman–Crippen LogP) is 2.87. The minimum absolute atomic E-state index is 0.194. The molecule has 1 saturated carbocycles. The lowest BCUT2D eigenvalue weighted by Gasteiger charge is -2.23. The van der Waals surface area contributed by atoms with Gasteiger partial charge in [0.1, 0.15) is 5.69 Å². The first kappa shape index (κ1) is 15.1. The van der Waals surface area contributed by atoms with E-state index in [0.717, 1.165) is 18.9 Å². The van der Waals surface area contributed by atoms with Crippen LogP contribution in [-0.2, 0) is 13.0 Å². The van der Waals surface area contributed by atoms with Gasteiger partial charge >= 0.3 is 0 Å².